The van der Waals surface area contributed by atoms with Crippen LogP contribution in [0.25, 0.3) is 88.0 Å². The van der Waals surface area contributed by atoms with Crippen molar-refractivity contribution in [1.82, 2.24) is 0 Å². The third-order valence-electron chi connectivity index (χ3n) is 11.5. The van der Waals surface area contributed by atoms with Crippen LogP contribution in [0.3, 0.4) is 0 Å². The third kappa shape index (κ3) is 5.82. The van der Waals surface area contributed by atoms with Gasteiger partial charge in [0.15, 0.2) is 0 Å². The van der Waals surface area contributed by atoms with Crippen LogP contribution in [0, 0.1) is 0 Å². The average molecular weight is 740 g/mol. The SMILES string of the molecule is c1ccc(-c2ccc(N(c3cccc(-c4cccc5c4ccc4ccccc45)c3)c3ccccc3-c3ccc4oc5ccccc5c4c3)c(-c3ccccc3)c2)cc1. The van der Waals surface area contributed by atoms with Gasteiger partial charge in [0.1, 0.15) is 11.2 Å². The molecule has 1 heterocycles. The van der Waals surface area contributed by atoms with Gasteiger partial charge in [-0.05, 0) is 103 Å². The van der Waals surface area contributed by atoms with Gasteiger partial charge in [0.2, 0.25) is 0 Å². The highest BCUT2D eigenvalue weighted by Crippen LogP contribution is 2.47. The quantitative estimate of drug-likeness (QED) is 0.151. The van der Waals surface area contributed by atoms with E-state index < -0.39 is 0 Å². The highest BCUT2D eigenvalue weighted by Gasteiger charge is 2.22. The summed E-state index contributed by atoms with van der Waals surface area (Å²) in [7, 11) is 0. The van der Waals surface area contributed by atoms with E-state index in [9.17, 15) is 0 Å². The Morgan fingerprint density at radius 3 is 1.78 bits per heavy atom. The molecule has 10 aromatic carbocycles. The van der Waals surface area contributed by atoms with Crippen molar-refractivity contribution in [3.63, 3.8) is 0 Å². The normalized spacial score (nSPS) is 11.4. The van der Waals surface area contributed by atoms with E-state index in [1.54, 1.807) is 0 Å². The minimum atomic E-state index is 0.887. The Labute approximate surface area is 337 Å². The number of nitrogens with zero attached hydrogens (tertiary/aromatic N) is 1. The molecular weight excluding hydrogens is 703 g/mol. The summed E-state index contributed by atoms with van der Waals surface area (Å²) in [6.07, 6.45) is 0. The van der Waals surface area contributed by atoms with Crippen LogP contribution < -0.4 is 4.90 Å². The largest absolute Gasteiger partial charge is 0.456 e. The zero-order valence-corrected chi connectivity index (χ0v) is 31.7. The molecule has 0 spiro atoms. The molecule has 0 amide bonds. The van der Waals surface area contributed by atoms with Gasteiger partial charge in [-0.25, -0.2) is 0 Å². The van der Waals surface area contributed by atoms with E-state index in [1.165, 1.54) is 38.2 Å². The first kappa shape index (κ1) is 33.6. The molecule has 0 N–H and O–H groups in total. The van der Waals surface area contributed by atoms with Crippen LogP contribution >= 0.6 is 0 Å². The minimum Gasteiger partial charge on any atom is -0.456 e. The molecule has 0 radical (unpaired) electrons. The van der Waals surface area contributed by atoms with Crippen LogP contribution in [0.15, 0.2) is 229 Å². The predicted octanol–water partition coefficient (Wildman–Crippen LogP) is 16.0. The number of rotatable bonds is 7. The second-order valence-corrected chi connectivity index (χ2v) is 14.9. The molecule has 0 aliphatic carbocycles. The van der Waals surface area contributed by atoms with Crippen LogP contribution in [-0.4, -0.2) is 0 Å². The van der Waals surface area contributed by atoms with Crippen molar-refractivity contribution in [2.24, 2.45) is 0 Å². The minimum absolute atomic E-state index is 0.887. The Bertz CT molecular complexity index is 3290. The number of hydrogen-bond acceptors (Lipinski definition) is 2. The van der Waals surface area contributed by atoms with Gasteiger partial charge in [0, 0.05) is 27.6 Å². The molecule has 0 fully saturated rings. The van der Waals surface area contributed by atoms with E-state index in [0.29, 0.717) is 0 Å². The lowest BCUT2D eigenvalue weighted by Crippen LogP contribution is -2.12. The van der Waals surface area contributed by atoms with E-state index in [0.717, 1.165) is 66.8 Å². The third-order valence-corrected chi connectivity index (χ3v) is 11.5. The van der Waals surface area contributed by atoms with Crippen molar-refractivity contribution < 1.29 is 4.42 Å². The maximum Gasteiger partial charge on any atom is 0.135 e. The van der Waals surface area contributed by atoms with E-state index in [4.69, 9.17) is 4.42 Å². The molecule has 0 saturated carbocycles. The van der Waals surface area contributed by atoms with Gasteiger partial charge in [-0.3, -0.25) is 0 Å². The Hall–Kier alpha value is -7.68. The number of para-hydroxylation sites is 2. The molecule has 58 heavy (non-hydrogen) atoms. The summed E-state index contributed by atoms with van der Waals surface area (Å²) in [6, 6.07) is 80.9. The first-order chi connectivity index (χ1) is 28.8. The molecule has 1 aromatic heterocycles. The molecule has 272 valence electrons. The fourth-order valence-corrected chi connectivity index (χ4v) is 8.71. The highest BCUT2D eigenvalue weighted by molar-refractivity contribution is 6.12. The molecule has 0 aliphatic heterocycles. The van der Waals surface area contributed by atoms with E-state index >= 15 is 0 Å². The smallest absolute Gasteiger partial charge is 0.135 e. The maximum atomic E-state index is 6.27. The number of hydrogen-bond donors (Lipinski definition) is 0. The lowest BCUT2D eigenvalue weighted by Gasteiger charge is -2.30. The number of anilines is 3. The molecule has 0 atom stereocenters. The summed E-state index contributed by atoms with van der Waals surface area (Å²) in [5.41, 5.74) is 14.3. The number of benzene rings is 10. The van der Waals surface area contributed by atoms with Crippen molar-refractivity contribution in [1.29, 1.82) is 0 Å². The first-order valence-electron chi connectivity index (χ1n) is 19.8. The molecule has 0 saturated heterocycles. The van der Waals surface area contributed by atoms with Crippen molar-refractivity contribution in [3.8, 4) is 44.5 Å². The Balaban J connectivity index is 1.16. The Morgan fingerprint density at radius 1 is 0.276 bits per heavy atom. The zero-order chi connectivity index (χ0) is 38.4. The van der Waals surface area contributed by atoms with Crippen LogP contribution in [-0.2, 0) is 0 Å². The molecule has 0 bridgehead atoms. The molecule has 0 aliphatic rings. The van der Waals surface area contributed by atoms with Gasteiger partial charge < -0.3 is 9.32 Å². The fourth-order valence-electron chi connectivity index (χ4n) is 8.71. The van der Waals surface area contributed by atoms with Crippen molar-refractivity contribution >= 4 is 60.5 Å². The Morgan fingerprint density at radius 2 is 0.897 bits per heavy atom. The second kappa shape index (κ2) is 14.1. The van der Waals surface area contributed by atoms with Crippen molar-refractivity contribution in [2.45, 2.75) is 0 Å². The molecule has 11 aromatic rings. The second-order valence-electron chi connectivity index (χ2n) is 14.9. The number of fused-ring (bicyclic) bond motifs is 6. The summed E-state index contributed by atoms with van der Waals surface area (Å²) < 4.78 is 6.27. The first-order valence-corrected chi connectivity index (χ1v) is 19.8. The number of furan rings is 1. The summed E-state index contributed by atoms with van der Waals surface area (Å²) in [6.45, 7) is 0. The standard InChI is InChI=1S/C56H37NO/c1-3-15-38(16-4-1)41-30-33-54(51(36-41)39-17-5-2-6-18-39)57(53-27-11-9-23-47(53)43-31-34-56-52(37-43)50-24-10-12-28-55(50)58-56)44-21-13-20-42(35-44)46-25-14-26-48-45-22-8-7-19-40(45)29-32-49(46)48/h1-37H. The van der Waals surface area contributed by atoms with Gasteiger partial charge in [-0.15, -0.1) is 0 Å². The topological polar surface area (TPSA) is 16.4 Å². The predicted molar refractivity (Wildman–Crippen MR) is 245 cm³/mol. The van der Waals surface area contributed by atoms with Gasteiger partial charge in [-0.2, -0.15) is 0 Å². The molecule has 2 heteroatoms. The molecule has 11 rings (SSSR count). The van der Waals surface area contributed by atoms with Gasteiger partial charge in [0.25, 0.3) is 0 Å². The lowest BCUT2D eigenvalue weighted by molar-refractivity contribution is 0.669. The van der Waals surface area contributed by atoms with Gasteiger partial charge in [0.05, 0.1) is 11.4 Å². The monoisotopic (exact) mass is 739 g/mol. The van der Waals surface area contributed by atoms with Crippen LogP contribution in [0.2, 0.25) is 0 Å². The van der Waals surface area contributed by atoms with Crippen LogP contribution in [0.5, 0.6) is 0 Å². The maximum absolute atomic E-state index is 6.27. The van der Waals surface area contributed by atoms with Crippen LogP contribution in [0.4, 0.5) is 17.1 Å². The lowest BCUT2D eigenvalue weighted by atomic mass is 9.93. The molecule has 2 nitrogen and oxygen atoms in total. The summed E-state index contributed by atoms with van der Waals surface area (Å²) in [4.78, 5) is 2.45. The molecule has 0 unspecified atom stereocenters. The highest BCUT2D eigenvalue weighted by atomic mass is 16.3. The molecular formula is C56H37NO. The van der Waals surface area contributed by atoms with Gasteiger partial charge in [-0.1, -0.05) is 176 Å². The summed E-state index contributed by atoms with van der Waals surface area (Å²) in [5.74, 6) is 0. The average Bonchev–Trinajstić information content (AvgIpc) is 3.68. The van der Waals surface area contributed by atoms with Crippen molar-refractivity contribution in [3.05, 3.63) is 224 Å². The summed E-state index contributed by atoms with van der Waals surface area (Å²) in [5, 5.41) is 7.24. The Kier molecular flexibility index (Phi) is 8.19. The fraction of sp³-hybridized carbons (Fsp3) is 0. The van der Waals surface area contributed by atoms with E-state index in [1.807, 2.05) is 12.1 Å². The zero-order valence-electron chi connectivity index (χ0n) is 31.7. The van der Waals surface area contributed by atoms with E-state index in [2.05, 4.69) is 217 Å². The summed E-state index contributed by atoms with van der Waals surface area (Å²) >= 11 is 0. The van der Waals surface area contributed by atoms with Crippen molar-refractivity contribution in [2.75, 3.05) is 4.90 Å². The van der Waals surface area contributed by atoms with Gasteiger partial charge >= 0.3 is 0 Å². The van der Waals surface area contributed by atoms with E-state index in [-0.39, 0.29) is 0 Å². The van der Waals surface area contributed by atoms with Crippen LogP contribution in [0.1, 0.15) is 0 Å².